The fourth-order valence-electron chi connectivity index (χ4n) is 4.78. The molecule has 0 saturated heterocycles. The molecule has 116 valence electrons. The summed E-state index contributed by atoms with van der Waals surface area (Å²) >= 11 is 0. The van der Waals surface area contributed by atoms with Crippen molar-refractivity contribution in [2.75, 3.05) is 0 Å². The summed E-state index contributed by atoms with van der Waals surface area (Å²) in [5, 5.41) is 1.67. The van der Waals surface area contributed by atoms with Crippen LogP contribution in [-0.4, -0.2) is 11.3 Å². The second kappa shape index (κ2) is 7.28. The minimum atomic E-state index is -0.000247. The molecular weight excluding hydrogens is 271 g/mol. The van der Waals surface area contributed by atoms with Gasteiger partial charge in [-0.25, -0.2) is 0 Å². The summed E-state index contributed by atoms with van der Waals surface area (Å²) in [7, 11) is -0.000247. The first-order valence-electron chi connectivity index (χ1n) is 9.11. The molecule has 1 heteroatoms. The summed E-state index contributed by atoms with van der Waals surface area (Å²) in [4.78, 5) is 0. The van der Waals surface area contributed by atoms with Crippen molar-refractivity contribution in [3.05, 3.63) is 30.3 Å². The van der Waals surface area contributed by atoms with Crippen molar-refractivity contribution in [3.8, 4) is 0 Å². The number of hydrogen-bond acceptors (Lipinski definition) is 0. The summed E-state index contributed by atoms with van der Waals surface area (Å²) in [6.45, 7) is 5.17. The second-order valence-corrected chi connectivity index (χ2v) is 10.3. The van der Waals surface area contributed by atoms with Gasteiger partial charge in [-0.05, 0) is 54.1 Å². The highest BCUT2D eigenvalue weighted by Crippen LogP contribution is 2.55. The van der Waals surface area contributed by atoms with Gasteiger partial charge in [0.25, 0.3) is 0 Å². The topological polar surface area (TPSA) is 0 Å². The van der Waals surface area contributed by atoms with Crippen LogP contribution in [0.3, 0.4) is 0 Å². The third-order valence-electron chi connectivity index (χ3n) is 6.10. The summed E-state index contributed by atoms with van der Waals surface area (Å²) in [5.41, 5.74) is 1.83. The normalized spacial score (nSPS) is 23.8. The van der Waals surface area contributed by atoms with Gasteiger partial charge in [-0.1, -0.05) is 77.8 Å². The SMILES string of the molecule is C[C@@H](C1CCCC1)P(c1ccccc1)[C@@H](C)C1CCCC1. The van der Waals surface area contributed by atoms with E-state index >= 15 is 0 Å². The molecule has 0 unspecified atom stereocenters. The Kier molecular flexibility index (Phi) is 5.38. The molecular formula is C20H31P. The minimum Gasteiger partial charge on any atom is -0.0690 e. The molecule has 2 atom stereocenters. The van der Waals surface area contributed by atoms with Crippen LogP contribution in [0.15, 0.2) is 30.3 Å². The van der Waals surface area contributed by atoms with Crippen molar-refractivity contribution >= 4 is 13.2 Å². The van der Waals surface area contributed by atoms with Gasteiger partial charge in [-0.15, -0.1) is 0 Å². The van der Waals surface area contributed by atoms with E-state index in [4.69, 9.17) is 0 Å². The van der Waals surface area contributed by atoms with Crippen LogP contribution < -0.4 is 5.30 Å². The highest BCUT2D eigenvalue weighted by molar-refractivity contribution is 7.67. The smallest absolute Gasteiger partial charge is 0.0167 e. The zero-order valence-electron chi connectivity index (χ0n) is 13.8. The number of rotatable bonds is 5. The van der Waals surface area contributed by atoms with Crippen LogP contribution >= 0.6 is 7.92 Å². The lowest BCUT2D eigenvalue weighted by atomic mass is 10.0. The van der Waals surface area contributed by atoms with Crippen LogP contribution in [0, 0.1) is 11.8 Å². The molecule has 2 saturated carbocycles. The summed E-state index contributed by atoms with van der Waals surface area (Å²) < 4.78 is 0. The van der Waals surface area contributed by atoms with Gasteiger partial charge in [-0.2, -0.15) is 0 Å². The van der Waals surface area contributed by atoms with Gasteiger partial charge in [0.15, 0.2) is 0 Å². The van der Waals surface area contributed by atoms with E-state index in [9.17, 15) is 0 Å². The Labute approximate surface area is 132 Å². The molecule has 0 N–H and O–H groups in total. The number of hydrogen-bond donors (Lipinski definition) is 0. The van der Waals surface area contributed by atoms with Crippen molar-refractivity contribution in [3.63, 3.8) is 0 Å². The summed E-state index contributed by atoms with van der Waals surface area (Å²) in [5.74, 6) is 2.00. The lowest BCUT2D eigenvalue weighted by Crippen LogP contribution is -2.27. The number of benzene rings is 1. The first kappa shape index (κ1) is 15.5. The monoisotopic (exact) mass is 302 g/mol. The van der Waals surface area contributed by atoms with Crippen LogP contribution in [0.25, 0.3) is 0 Å². The van der Waals surface area contributed by atoms with Crippen molar-refractivity contribution in [1.29, 1.82) is 0 Å². The zero-order valence-corrected chi connectivity index (χ0v) is 14.7. The van der Waals surface area contributed by atoms with E-state index < -0.39 is 0 Å². The standard InChI is InChI=1S/C20H31P/c1-16(18-10-6-7-11-18)21(20-14-4-3-5-15-20)17(2)19-12-8-9-13-19/h3-5,14-19H,6-13H2,1-2H3/t16-,17-/m0/s1. The van der Waals surface area contributed by atoms with Crippen molar-refractivity contribution < 1.29 is 0 Å². The third kappa shape index (κ3) is 3.53. The maximum absolute atomic E-state index is 2.58. The van der Waals surface area contributed by atoms with Crippen LogP contribution in [-0.2, 0) is 0 Å². The van der Waals surface area contributed by atoms with Crippen LogP contribution in [0.4, 0.5) is 0 Å². The van der Waals surface area contributed by atoms with E-state index in [2.05, 4.69) is 44.2 Å². The fourth-order valence-corrected chi connectivity index (χ4v) is 8.48. The van der Waals surface area contributed by atoms with Crippen molar-refractivity contribution in [1.82, 2.24) is 0 Å². The molecule has 2 fully saturated rings. The molecule has 0 heterocycles. The highest BCUT2D eigenvalue weighted by atomic mass is 31.1. The molecule has 0 aromatic heterocycles. The van der Waals surface area contributed by atoms with Gasteiger partial charge in [-0.3, -0.25) is 0 Å². The van der Waals surface area contributed by atoms with E-state index in [1.54, 1.807) is 5.30 Å². The molecule has 21 heavy (non-hydrogen) atoms. The Balaban J connectivity index is 1.82. The minimum absolute atomic E-state index is 0.000247. The summed E-state index contributed by atoms with van der Waals surface area (Å²) in [6.07, 6.45) is 11.9. The average molecular weight is 302 g/mol. The van der Waals surface area contributed by atoms with Gasteiger partial charge in [0.1, 0.15) is 0 Å². The largest absolute Gasteiger partial charge is 0.0690 e. The van der Waals surface area contributed by atoms with E-state index in [0.29, 0.717) is 0 Å². The lowest BCUT2D eigenvalue weighted by Gasteiger charge is -2.37. The molecule has 0 amide bonds. The first-order chi connectivity index (χ1) is 10.3. The lowest BCUT2D eigenvalue weighted by molar-refractivity contribution is 0.510. The molecule has 0 bridgehead atoms. The molecule has 0 nitrogen and oxygen atoms in total. The molecule has 3 rings (SSSR count). The van der Waals surface area contributed by atoms with E-state index in [1.807, 2.05) is 0 Å². The van der Waals surface area contributed by atoms with Gasteiger partial charge >= 0.3 is 0 Å². The molecule has 0 aliphatic heterocycles. The average Bonchev–Trinajstić information content (AvgIpc) is 3.22. The van der Waals surface area contributed by atoms with Gasteiger partial charge in [0.05, 0.1) is 0 Å². The van der Waals surface area contributed by atoms with Crippen LogP contribution in [0.2, 0.25) is 0 Å². The molecule has 2 aliphatic carbocycles. The van der Waals surface area contributed by atoms with Crippen LogP contribution in [0.5, 0.6) is 0 Å². The summed E-state index contributed by atoms with van der Waals surface area (Å²) in [6, 6.07) is 11.5. The molecule has 1 aromatic rings. The molecule has 1 aromatic carbocycles. The highest BCUT2D eigenvalue weighted by Gasteiger charge is 2.35. The second-order valence-electron chi connectivity index (χ2n) is 7.31. The Morgan fingerprint density at radius 3 is 1.62 bits per heavy atom. The molecule has 0 spiro atoms. The zero-order chi connectivity index (χ0) is 14.7. The Morgan fingerprint density at radius 2 is 1.19 bits per heavy atom. The van der Waals surface area contributed by atoms with E-state index in [0.717, 1.165) is 23.2 Å². The maximum atomic E-state index is 2.58. The Hall–Kier alpha value is -0.350. The maximum Gasteiger partial charge on any atom is -0.0167 e. The predicted molar refractivity (Wildman–Crippen MR) is 95.8 cm³/mol. The quantitative estimate of drug-likeness (QED) is 0.589. The molecule has 0 radical (unpaired) electrons. The van der Waals surface area contributed by atoms with Gasteiger partial charge < -0.3 is 0 Å². The molecule has 2 aliphatic rings. The Bertz CT molecular complexity index is 393. The van der Waals surface area contributed by atoms with E-state index in [-0.39, 0.29) is 7.92 Å². The predicted octanol–water partition coefficient (Wildman–Crippen LogP) is 5.95. The van der Waals surface area contributed by atoms with Gasteiger partial charge in [0.2, 0.25) is 0 Å². The first-order valence-corrected chi connectivity index (χ1v) is 10.6. The Morgan fingerprint density at radius 1 is 0.762 bits per heavy atom. The van der Waals surface area contributed by atoms with E-state index in [1.165, 1.54) is 51.4 Å². The van der Waals surface area contributed by atoms with Crippen molar-refractivity contribution in [2.45, 2.75) is 76.5 Å². The fraction of sp³-hybridized carbons (Fsp3) is 0.700. The third-order valence-corrected chi connectivity index (χ3v) is 9.59. The van der Waals surface area contributed by atoms with Crippen molar-refractivity contribution in [2.24, 2.45) is 11.8 Å². The van der Waals surface area contributed by atoms with Gasteiger partial charge in [0, 0.05) is 0 Å². The van der Waals surface area contributed by atoms with Crippen LogP contribution in [0.1, 0.15) is 65.2 Å².